The van der Waals surface area contributed by atoms with E-state index < -0.39 is 4.86 Å². The highest BCUT2D eigenvalue weighted by Gasteiger charge is 2.10. The van der Waals surface area contributed by atoms with Gasteiger partial charge in [-0.3, -0.25) is 0 Å². The van der Waals surface area contributed by atoms with Gasteiger partial charge in [-0.2, -0.15) is 0 Å². The normalized spacial score (nSPS) is 32.2. The fraction of sp³-hybridized carbons (Fsp3) is 0.400. The summed E-state index contributed by atoms with van der Waals surface area (Å²) in [6.45, 7) is 2.18. The van der Waals surface area contributed by atoms with Crippen LogP contribution in [-0.4, -0.2) is 17.6 Å². The first-order valence-electron chi connectivity index (χ1n) is 2.84. The van der Waals surface area contributed by atoms with Crippen LogP contribution in [0.4, 0.5) is 0 Å². The zero-order valence-electron chi connectivity index (χ0n) is 5.24. The Morgan fingerprint density at radius 2 is 2.56 bits per heavy atom. The summed E-state index contributed by atoms with van der Waals surface area (Å²) in [6.07, 6.45) is 4.76. The molecule has 50 valence electrons. The van der Waals surface area contributed by atoms with Gasteiger partial charge in [0.15, 0.2) is 0 Å². The largest absolute Gasteiger partial charge is 0.579 e. The molecule has 1 N–H and O–H groups in total. The summed E-state index contributed by atoms with van der Waals surface area (Å²) >= 11 is 0. The summed E-state index contributed by atoms with van der Waals surface area (Å²) in [7, 11) is 0. The molecule has 0 saturated carbocycles. The highest BCUT2D eigenvalue weighted by atomic mass is 16.6. The molecule has 1 aliphatic heterocycles. The summed E-state index contributed by atoms with van der Waals surface area (Å²) in [6, 6.07) is 0. The van der Waals surface area contributed by atoms with Crippen molar-refractivity contribution in [2.24, 2.45) is 5.10 Å². The quantitative estimate of drug-likeness (QED) is 0.408. The van der Waals surface area contributed by atoms with Crippen molar-refractivity contribution in [1.29, 1.82) is 0 Å². The first-order valence-corrected chi connectivity index (χ1v) is 2.84. The van der Waals surface area contributed by atoms with Crippen molar-refractivity contribution in [3.8, 4) is 0 Å². The lowest BCUT2D eigenvalue weighted by Gasteiger charge is -2.33. The first-order chi connectivity index (χ1) is 4.27. The van der Waals surface area contributed by atoms with Crippen LogP contribution >= 0.6 is 0 Å². The van der Waals surface area contributed by atoms with E-state index in [4.69, 9.17) is 0 Å². The Morgan fingerprint density at radius 1 is 1.78 bits per heavy atom. The number of rotatable bonds is 1. The molecule has 0 aromatic heterocycles. The predicted octanol–water partition coefficient (Wildman–Crippen LogP) is 0.339. The molecule has 1 unspecified atom stereocenters. The SMILES string of the molecule is CC[N+]1([O-])N=CC=CN1. The average Bonchev–Trinajstić information content (AvgIpc) is 1.90. The second-order valence-corrected chi connectivity index (χ2v) is 1.77. The number of nitrogens with one attached hydrogen (secondary N) is 1. The molecule has 4 heteroatoms. The molecule has 1 heterocycles. The third kappa shape index (κ3) is 1.28. The van der Waals surface area contributed by atoms with E-state index in [1.807, 2.05) is 0 Å². The van der Waals surface area contributed by atoms with Crippen molar-refractivity contribution in [2.75, 3.05) is 6.54 Å². The molecule has 9 heavy (non-hydrogen) atoms. The monoisotopic (exact) mass is 127 g/mol. The van der Waals surface area contributed by atoms with Gasteiger partial charge in [-0.25, -0.2) is 5.43 Å². The van der Waals surface area contributed by atoms with E-state index in [0.717, 1.165) is 0 Å². The molecule has 1 atom stereocenters. The van der Waals surface area contributed by atoms with Crippen molar-refractivity contribution in [1.82, 2.24) is 5.43 Å². The molecule has 0 aromatic rings. The minimum atomic E-state index is -0.698. The summed E-state index contributed by atoms with van der Waals surface area (Å²) in [5.74, 6) is 0. The number of hydroxylamine groups is 1. The second-order valence-electron chi connectivity index (χ2n) is 1.77. The smallest absolute Gasteiger partial charge is 0.124 e. The summed E-state index contributed by atoms with van der Waals surface area (Å²) < 4.78 is 0. The van der Waals surface area contributed by atoms with Crippen molar-refractivity contribution >= 4 is 6.21 Å². The minimum absolute atomic E-state index is 0.404. The Labute approximate surface area is 53.6 Å². The predicted molar refractivity (Wildman–Crippen MR) is 34.9 cm³/mol. The van der Waals surface area contributed by atoms with Gasteiger partial charge in [0.25, 0.3) is 0 Å². The molecule has 0 radical (unpaired) electrons. The van der Waals surface area contributed by atoms with Crippen molar-refractivity contribution in [3.05, 3.63) is 17.5 Å². The van der Waals surface area contributed by atoms with Crippen LogP contribution in [0.1, 0.15) is 6.92 Å². The minimum Gasteiger partial charge on any atom is -0.579 e. The molecule has 0 fully saturated rings. The lowest BCUT2D eigenvalue weighted by Crippen LogP contribution is -2.47. The van der Waals surface area contributed by atoms with Gasteiger partial charge in [-0.15, -0.1) is 4.86 Å². The number of hydrogen-bond acceptors (Lipinski definition) is 3. The maximum absolute atomic E-state index is 11.1. The lowest BCUT2D eigenvalue weighted by molar-refractivity contribution is -0.923. The van der Waals surface area contributed by atoms with E-state index in [1.165, 1.54) is 6.21 Å². The summed E-state index contributed by atoms with van der Waals surface area (Å²) in [5.41, 5.74) is 2.55. The summed E-state index contributed by atoms with van der Waals surface area (Å²) in [5, 5.41) is 14.7. The fourth-order valence-corrected chi connectivity index (χ4v) is 0.555. The fourth-order valence-electron chi connectivity index (χ4n) is 0.555. The van der Waals surface area contributed by atoms with Crippen LogP contribution in [0.15, 0.2) is 17.4 Å². The van der Waals surface area contributed by atoms with E-state index >= 15 is 0 Å². The van der Waals surface area contributed by atoms with Crippen LogP contribution in [0.3, 0.4) is 0 Å². The van der Waals surface area contributed by atoms with Gasteiger partial charge in [0.1, 0.15) is 6.54 Å². The Kier molecular flexibility index (Phi) is 1.50. The number of hydrogen-bond donors (Lipinski definition) is 1. The highest BCUT2D eigenvalue weighted by molar-refractivity contribution is 5.70. The highest BCUT2D eigenvalue weighted by Crippen LogP contribution is 2.00. The zero-order chi connectivity index (χ0) is 6.74. The first kappa shape index (κ1) is 6.25. The van der Waals surface area contributed by atoms with Gasteiger partial charge >= 0.3 is 0 Å². The Hall–Kier alpha value is -0.870. The van der Waals surface area contributed by atoms with Gasteiger partial charge in [-0.1, -0.05) is 5.10 Å². The van der Waals surface area contributed by atoms with Crippen LogP contribution in [-0.2, 0) is 0 Å². The van der Waals surface area contributed by atoms with Crippen LogP contribution in [0.2, 0.25) is 0 Å². The van der Waals surface area contributed by atoms with E-state index in [-0.39, 0.29) is 0 Å². The molecule has 0 spiro atoms. The third-order valence-corrected chi connectivity index (χ3v) is 1.14. The maximum atomic E-state index is 11.1. The van der Waals surface area contributed by atoms with E-state index in [0.29, 0.717) is 6.54 Å². The van der Waals surface area contributed by atoms with Gasteiger partial charge in [-0.05, 0) is 13.0 Å². The number of allylic oxidation sites excluding steroid dienone is 1. The number of quaternary nitrogens is 1. The van der Waals surface area contributed by atoms with Gasteiger partial charge in [0, 0.05) is 0 Å². The molecular formula is C5H9N3O. The number of nitrogens with zero attached hydrogens (tertiary/aromatic N) is 2. The molecule has 1 rings (SSSR count). The van der Waals surface area contributed by atoms with Crippen LogP contribution in [0.25, 0.3) is 0 Å². The molecule has 0 saturated heterocycles. The van der Waals surface area contributed by atoms with Crippen LogP contribution in [0, 0.1) is 5.21 Å². The van der Waals surface area contributed by atoms with Crippen molar-refractivity contribution < 1.29 is 4.86 Å². The Balaban J connectivity index is 2.63. The molecule has 4 nitrogen and oxygen atoms in total. The van der Waals surface area contributed by atoms with Crippen LogP contribution < -0.4 is 5.43 Å². The molecule has 0 bridgehead atoms. The Morgan fingerprint density at radius 3 is 2.89 bits per heavy atom. The van der Waals surface area contributed by atoms with Gasteiger partial charge in [0.2, 0.25) is 0 Å². The molecule has 1 aliphatic rings. The van der Waals surface area contributed by atoms with Crippen LogP contribution in [0.5, 0.6) is 0 Å². The topological polar surface area (TPSA) is 47.5 Å². The second kappa shape index (κ2) is 2.16. The third-order valence-electron chi connectivity index (χ3n) is 1.14. The van der Waals surface area contributed by atoms with Gasteiger partial charge < -0.3 is 5.21 Å². The summed E-state index contributed by atoms with van der Waals surface area (Å²) in [4.78, 5) is -0.698. The van der Waals surface area contributed by atoms with E-state index in [9.17, 15) is 5.21 Å². The standard InChI is InChI=1S/C5H9N3O/c1-2-8(9)6-4-3-5-7-8/h3-6H,2H2,1H3. The van der Waals surface area contributed by atoms with Crippen molar-refractivity contribution in [3.63, 3.8) is 0 Å². The van der Waals surface area contributed by atoms with E-state index in [1.54, 1.807) is 19.2 Å². The van der Waals surface area contributed by atoms with Crippen molar-refractivity contribution in [2.45, 2.75) is 6.92 Å². The molecular weight excluding hydrogens is 118 g/mol. The van der Waals surface area contributed by atoms with E-state index in [2.05, 4.69) is 10.5 Å². The zero-order valence-corrected chi connectivity index (χ0v) is 5.24. The Bertz CT molecular complexity index is 154. The average molecular weight is 127 g/mol. The molecule has 0 aromatic carbocycles. The van der Waals surface area contributed by atoms with Gasteiger partial charge in [0.05, 0.1) is 12.4 Å². The molecule has 0 amide bonds. The molecule has 0 aliphatic carbocycles. The lowest BCUT2D eigenvalue weighted by atomic mass is 10.6. The maximum Gasteiger partial charge on any atom is 0.124 e.